The number of aromatic nitrogens is 1. The maximum Gasteiger partial charge on any atom is 0.181 e. The van der Waals surface area contributed by atoms with Gasteiger partial charge in [-0.25, -0.2) is 4.98 Å². The fourth-order valence-electron chi connectivity index (χ4n) is 1.48. The Morgan fingerprint density at radius 3 is 2.50 bits per heavy atom. The molecule has 0 bridgehead atoms. The van der Waals surface area contributed by atoms with Crippen molar-refractivity contribution < 1.29 is 4.42 Å². The third-order valence-corrected chi connectivity index (χ3v) is 2.02. The van der Waals surface area contributed by atoms with Gasteiger partial charge in [0.2, 0.25) is 0 Å². The van der Waals surface area contributed by atoms with Crippen LogP contribution in [0.2, 0.25) is 0 Å². The Balaban J connectivity index is 2.72. The van der Waals surface area contributed by atoms with Crippen LogP contribution >= 0.6 is 0 Å². The van der Waals surface area contributed by atoms with Crippen molar-refractivity contribution in [1.82, 2.24) is 4.98 Å². The molecule has 80 valence electrons. The number of hydrogen-bond acceptors (Lipinski definition) is 2. The van der Waals surface area contributed by atoms with E-state index in [0.29, 0.717) is 5.92 Å². The van der Waals surface area contributed by atoms with E-state index in [1.54, 1.807) is 6.39 Å². The summed E-state index contributed by atoms with van der Waals surface area (Å²) in [5.41, 5.74) is 1.41. The zero-order valence-electron chi connectivity index (χ0n) is 9.92. The lowest BCUT2D eigenvalue weighted by Crippen LogP contribution is -2.11. The molecule has 2 heteroatoms. The van der Waals surface area contributed by atoms with Gasteiger partial charge in [0.1, 0.15) is 5.76 Å². The molecule has 0 spiro atoms. The smallest absolute Gasteiger partial charge is 0.181 e. The van der Waals surface area contributed by atoms with E-state index in [9.17, 15) is 0 Å². The predicted octanol–water partition coefficient (Wildman–Crippen LogP) is 3.46. The minimum atomic E-state index is 0.280. The van der Waals surface area contributed by atoms with Crippen molar-refractivity contribution in [2.24, 2.45) is 11.3 Å². The lowest BCUT2D eigenvalue weighted by atomic mass is 9.89. The van der Waals surface area contributed by atoms with Crippen molar-refractivity contribution in [1.29, 1.82) is 0 Å². The molecule has 1 heterocycles. The molecular weight excluding hydrogens is 174 g/mol. The van der Waals surface area contributed by atoms with Gasteiger partial charge in [0.15, 0.2) is 6.39 Å². The number of oxazole rings is 1. The highest BCUT2D eigenvalue weighted by atomic mass is 16.3. The van der Waals surface area contributed by atoms with Crippen molar-refractivity contribution in [2.45, 2.75) is 47.5 Å². The van der Waals surface area contributed by atoms with Gasteiger partial charge in [0.05, 0.1) is 5.69 Å². The van der Waals surface area contributed by atoms with E-state index in [1.165, 1.54) is 0 Å². The maximum atomic E-state index is 5.41. The zero-order chi connectivity index (χ0) is 10.8. The highest BCUT2D eigenvalue weighted by Gasteiger charge is 2.17. The maximum absolute atomic E-state index is 5.41. The van der Waals surface area contributed by atoms with Crippen molar-refractivity contribution >= 4 is 0 Å². The lowest BCUT2D eigenvalue weighted by Gasteiger charge is -2.16. The second kappa shape index (κ2) is 4.16. The van der Waals surface area contributed by atoms with Crippen LogP contribution in [0.1, 0.15) is 46.1 Å². The average molecular weight is 195 g/mol. The summed E-state index contributed by atoms with van der Waals surface area (Å²) in [5.74, 6) is 1.69. The molecule has 0 fully saturated rings. The van der Waals surface area contributed by atoms with Crippen LogP contribution < -0.4 is 0 Å². The molecule has 0 saturated carbocycles. The van der Waals surface area contributed by atoms with E-state index in [0.717, 1.165) is 24.3 Å². The van der Waals surface area contributed by atoms with Gasteiger partial charge in [-0.2, -0.15) is 0 Å². The molecule has 0 saturated heterocycles. The van der Waals surface area contributed by atoms with E-state index in [4.69, 9.17) is 4.42 Å². The van der Waals surface area contributed by atoms with Gasteiger partial charge in [-0.1, -0.05) is 34.6 Å². The third kappa shape index (κ3) is 3.52. The zero-order valence-corrected chi connectivity index (χ0v) is 9.92. The Hall–Kier alpha value is -0.790. The number of hydrogen-bond donors (Lipinski definition) is 0. The summed E-state index contributed by atoms with van der Waals surface area (Å²) in [4.78, 5) is 4.29. The standard InChI is InChI=1S/C12H21NO/c1-9(2)6-11-10(13-8-14-11)7-12(3,4)5/h8-9H,6-7H2,1-5H3. The summed E-state index contributed by atoms with van der Waals surface area (Å²) in [6, 6.07) is 0. The van der Waals surface area contributed by atoms with Gasteiger partial charge in [-0.3, -0.25) is 0 Å². The van der Waals surface area contributed by atoms with Crippen molar-refractivity contribution in [3.05, 3.63) is 17.8 Å². The Morgan fingerprint density at radius 2 is 2.00 bits per heavy atom. The Kier molecular flexibility index (Phi) is 3.35. The topological polar surface area (TPSA) is 26.0 Å². The van der Waals surface area contributed by atoms with Crippen LogP contribution in [0.4, 0.5) is 0 Å². The summed E-state index contributed by atoms with van der Waals surface area (Å²) in [6.45, 7) is 11.1. The van der Waals surface area contributed by atoms with Gasteiger partial charge in [-0.15, -0.1) is 0 Å². The summed E-state index contributed by atoms with van der Waals surface area (Å²) < 4.78 is 5.41. The van der Waals surface area contributed by atoms with E-state index >= 15 is 0 Å². The molecule has 0 aromatic carbocycles. The Morgan fingerprint density at radius 1 is 1.36 bits per heavy atom. The Labute approximate surface area is 86.7 Å². The first-order chi connectivity index (χ1) is 6.38. The second-order valence-corrected chi connectivity index (χ2v) is 5.56. The van der Waals surface area contributed by atoms with Crippen LogP contribution in [0.25, 0.3) is 0 Å². The first-order valence-corrected chi connectivity index (χ1v) is 5.30. The number of nitrogens with zero attached hydrogens (tertiary/aromatic N) is 1. The molecule has 1 aromatic rings. The van der Waals surface area contributed by atoms with Crippen LogP contribution in [0.3, 0.4) is 0 Å². The molecule has 14 heavy (non-hydrogen) atoms. The molecule has 1 aromatic heterocycles. The van der Waals surface area contributed by atoms with Gasteiger partial charge in [-0.05, 0) is 17.8 Å². The molecule has 2 nitrogen and oxygen atoms in total. The van der Waals surface area contributed by atoms with Gasteiger partial charge >= 0.3 is 0 Å². The Bertz CT molecular complexity index is 281. The van der Waals surface area contributed by atoms with Crippen LogP contribution in [0.15, 0.2) is 10.8 Å². The van der Waals surface area contributed by atoms with Crippen LogP contribution in [-0.4, -0.2) is 4.98 Å². The minimum absolute atomic E-state index is 0.280. The van der Waals surface area contributed by atoms with E-state index < -0.39 is 0 Å². The van der Waals surface area contributed by atoms with Crippen LogP contribution in [-0.2, 0) is 12.8 Å². The largest absolute Gasteiger partial charge is 0.448 e. The first kappa shape index (κ1) is 11.3. The molecule has 0 amide bonds. The van der Waals surface area contributed by atoms with Crippen molar-refractivity contribution in [3.63, 3.8) is 0 Å². The van der Waals surface area contributed by atoms with Gasteiger partial charge < -0.3 is 4.42 Å². The first-order valence-electron chi connectivity index (χ1n) is 5.30. The summed E-state index contributed by atoms with van der Waals surface area (Å²) in [6.07, 6.45) is 3.55. The summed E-state index contributed by atoms with van der Waals surface area (Å²) in [7, 11) is 0. The molecule has 0 unspecified atom stereocenters. The van der Waals surface area contributed by atoms with Crippen molar-refractivity contribution in [3.8, 4) is 0 Å². The molecule has 0 atom stereocenters. The predicted molar refractivity (Wildman–Crippen MR) is 58.2 cm³/mol. The highest BCUT2D eigenvalue weighted by Crippen LogP contribution is 2.23. The number of rotatable bonds is 3. The fourth-order valence-corrected chi connectivity index (χ4v) is 1.48. The summed E-state index contributed by atoms with van der Waals surface area (Å²) in [5, 5.41) is 0. The van der Waals surface area contributed by atoms with Crippen LogP contribution in [0.5, 0.6) is 0 Å². The molecule has 0 radical (unpaired) electrons. The summed E-state index contributed by atoms with van der Waals surface area (Å²) >= 11 is 0. The molecule has 0 aliphatic heterocycles. The monoisotopic (exact) mass is 195 g/mol. The quantitative estimate of drug-likeness (QED) is 0.738. The van der Waals surface area contributed by atoms with Gasteiger partial charge in [0.25, 0.3) is 0 Å². The van der Waals surface area contributed by atoms with Crippen LogP contribution in [0, 0.1) is 11.3 Å². The van der Waals surface area contributed by atoms with E-state index in [-0.39, 0.29) is 5.41 Å². The fraction of sp³-hybridized carbons (Fsp3) is 0.750. The van der Waals surface area contributed by atoms with E-state index in [1.807, 2.05) is 0 Å². The molecule has 1 rings (SSSR count). The average Bonchev–Trinajstić information content (AvgIpc) is 2.32. The molecule has 0 aliphatic rings. The normalized spacial score (nSPS) is 12.4. The van der Waals surface area contributed by atoms with Gasteiger partial charge in [0, 0.05) is 6.42 Å². The second-order valence-electron chi connectivity index (χ2n) is 5.56. The van der Waals surface area contributed by atoms with Crippen molar-refractivity contribution in [2.75, 3.05) is 0 Å². The molecule has 0 aliphatic carbocycles. The minimum Gasteiger partial charge on any atom is -0.448 e. The van der Waals surface area contributed by atoms with E-state index in [2.05, 4.69) is 39.6 Å². The lowest BCUT2D eigenvalue weighted by molar-refractivity contribution is 0.397. The SMILES string of the molecule is CC(C)Cc1ocnc1CC(C)(C)C. The third-order valence-electron chi connectivity index (χ3n) is 2.02. The molecule has 0 N–H and O–H groups in total. The highest BCUT2D eigenvalue weighted by molar-refractivity contribution is 5.09. The molecular formula is C12H21NO.